The molecule has 0 unspecified atom stereocenters. The van der Waals surface area contributed by atoms with Crippen molar-refractivity contribution in [3.8, 4) is 39.5 Å². The van der Waals surface area contributed by atoms with Gasteiger partial charge in [-0.3, -0.25) is 15.0 Å². The summed E-state index contributed by atoms with van der Waals surface area (Å²) in [7, 11) is 0. The molecule has 0 spiro atoms. The van der Waals surface area contributed by atoms with Crippen LogP contribution in [-0.4, -0.2) is 61.3 Å². The van der Waals surface area contributed by atoms with Crippen LogP contribution in [0, 0.1) is 5.82 Å². The third-order valence-corrected chi connectivity index (χ3v) is 7.24. The second-order valence-corrected chi connectivity index (χ2v) is 9.79. The molecule has 1 aliphatic rings. The van der Waals surface area contributed by atoms with Crippen molar-refractivity contribution in [2.45, 2.75) is 12.8 Å². The summed E-state index contributed by atoms with van der Waals surface area (Å²) < 4.78 is 19.9. The van der Waals surface area contributed by atoms with Crippen molar-refractivity contribution in [2.75, 3.05) is 26.2 Å². The third-order valence-electron chi connectivity index (χ3n) is 7.24. The molecule has 9 heteroatoms. The number of halogens is 1. The Bertz CT molecular complexity index is 1790. The number of imidazole rings is 1. The molecule has 0 radical (unpaired) electrons. The molecule has 0 atom stereocenters. The first-order valence-electron chi connectivity index (χ1n) is 13.1. The van der Waals surface area contributed by atoms with Gasteiger partial charge in [0.25, 0.3) is 0 Å². The monoisotopic (exact) mass is 519 g/mol. The van der Waals surface area contributed by atoms with Crippen LogP contribution in [0.3, 0.4) is 0 Å². The van der Waals surface area contributed by atoms with Crippen LogP contribution in [0.15, 0.2) is 73.2 Å². The van der Waals surface area contributed by atoms with Crippen LogP contribution in [0.4, 0.5) is 4.39 Å². The molecule has 7 rings (SSSR count). The van der Waals surface area contributed by atoms with Crippen LogP contribution in [-0.2, 0) is 0 Å². The maximum absolute atomic E-state index is 13.9. The lowest BCUT2D eigenvalue weighted by atomic mass is 10.0. The van der Waals surface area contributed by atoms with Gasteiger partial charge in [0.1, 0.15) is 23.9 Å². The molecule has 4 aromatic heterocycles. The Morgan fingerprint density at radius 1 is 0.949 bits per heavy atom. The highest BCUT2D eigenvalue weighted by Crippen LogP contribution is 2.33. The van der Waals surface area contributed by atoms with Crippen molar-refractivity contribution >= 4 is 22.1 Å². The quantitative estimate of drug-likeness (QED) is 0.275. The molecular formula is C30H26FN7O. The van der Waals surface area contributed by atoms with Crippen molar-refractivity contribution in [3.05, 3.63) is 79.0 Å². The second kappa shape index (κ2) is 9.92. The number of benzene rings is 2. The first-order chi connectivity index (χ1) is 19.2. The molecule has 5 heterocycles. The number of fused-ring (bicyclic) bond motifs is 2. The molecule has 1 saturated heterocycles. The van der Waals surface area contributed by atoms with Crippen molar-refractivity contribution < 1.29 is 9.13 Å². The van der Waals surface area contributed by atoms with Gasteiger partial charge in [-0.05, 0) is 73.5 Å². The van der Waals surface area contributed by atoms with Crippen LogP contribution in [0.25, 0.3) is 55.8 Å². The second-order valence-electron chi connectivity index (χ2n) is 9.79. The smallest absolute Gasteiger partial charge is 0.178 e. The number of nitrogens with one attached hydrogen (secondary N) is 2. The van der Waals surface area contributed by atoms with Crippen LogP contribution < -0.4 is 4.74 Å². The van der Waals surface area contributed by atoms with E-state index < -0.39 is 0 Å². The third kappa shape index (κ3) is 4.61. The minimum Gasteiger partial charge on any atom is -0.491 e. The minimum absolute atomic E-state index is 0.293. The SMILES string of the molecule is Fc1cccc(-c2ccnc3nc(-c4n[nH]c5ccc(-c6cncc(OCCN7CCCC7)c6)cc45)[nH]c23)c1. The summed E-state index contributed by atoms with van der Waals surface area (Å²) in [6, 6.07) is 16.5. The molecule has 1 fully saturated rings. The van der Waals surface area contributed by atoms with Crippen molar-refractivity contribution in [1.82, 2.24) is 35.0 Å². The van der Waals surface area contributed by atoms with E-state index in [1.54, 1.807) is 18.5 Å². The van der Waals surface area contributed by atoms with Crippen molar-refractivity contribution in [2.24, 2.45) is 0 Å². The van der Waals surface area contributed by atoms with E-state index in [1.165, 1.54) is 25.0 Å². The van der Waals surface area contributed by atoms with Crippen LogP contribution in [0.5, 0.6) is 5.75 Å². The Balaban J connectivity index is 1.20. The number of likely N-dealkylation sites (tertiary alicyclic amines) is 1. The number of H-pyrrole nitrogens is 2. The lowest BCUT2D eigenvalue weighted by Gasteiger charge is -2.15. The van der Waals surface area contributed by atoms with E-state index in [0.29, 0.717) is 23.8 Å². The molecule has 8 nitrogen and oxygen atoms in total. The van der Waals surface area contributed by atoms with Gasteiger partial charge in [0.05, 0.1) is 17.2 Å². The number of hydrogen-bond donors (Lipinski definition) is 2. The van der Waals surface area contributed by atoms with Gasteiger partial charge in [0.15, 0.2) is 11.5 Å². The topological polar surface area (TPSA) is 95.6 Å². The van der Waals surface area contributed by atoms with E-state index in [0.717, 1.165) is 64.1 Å². The van der Waals surface area contributed by atoms with Crippen LogP contribution >= 0.6 is 0 Å². The zero-order valence-electron chi connectivity index (χ0n) is 21.2. The number of aromatic nitrogens is 6. The molecule has 0 saturated carbocycles. The van der Waals surface area contributed by atoms with E-state index in [2.05, 4.69) is 36.1 Å². The van der Waals surface area contributed by atoms with E-state index in [1.807, 2.05) is 36.5 Å². The predicted molar refractivity (Wildman–Crippen MR) is 149 cm³/mol. The normalized spacial score (nSPS) is 14.0. The number of nitrogens with zero attached hydrogens (tertiary/aromatic N) is 5. The van der Waals surface area contributed by atoms with Gasteiger partial charge in [-0.1, -0.05) is 18.2 Å². The number of pyridine rings is 2. The summed E-state index contributed by atoms with van der Waals surface area (Å²) in [5, 5.41) is 8.58. The Morgan fingerprint density at radius 3 is 2.77 bits per heavy atom. The Morgan fingerprint density at radius 2 is 1.87 bits per heavy atom. The first kappa shape index (κ1) is 23.5. The van der Waals surface area contributed by atoms with Gasteiger partial charge in [0, 0.05) is 35.5 Å². The van der Waals surface area contributed by atoms with E-state index in [4.69, 9.17) is 9.72 Å². The number of ether oxygens (including phenoxy) is 1. The Labute approximate surface area is 223 Å². The Kier molecular flexibility index (Phi) is 5.97. The number of hydrogen-bond acceptors (Lipinski definition) is 6. The van der Waals surface area contributed by atoms with Crippen LogP contribution in [0.1, 0.15) is 12.8 Å². The molecule has 0 bridgehead atoms. The highest BCUT2D eigenvalue weighted by Gasteiger charge is 2.17. The lowest BCUT2D eigenvalue weighted by Crippen LogP contribution is -2.25. The van der Waals surface area contributed by atoms with Crippen molar-refractivity contribution in [3.63, 3.8) is 0 Å². The average Bonchev–Trinajstić information content (AvgIpc) is 3.72. The molecule has 2 N–H and O–H groups in total. The van der Waals surface area contributed by atoms with Crippen LogP contribution in [0.2, 0.25) is 0 Å². The van der Waals surface area contributed by atoms with E-state index in [9.17, 15) is 4.39 Å². The number of rotatable bonds is 7. The van der Waals surface area contributed by atoms with Gasteiger partial charge >= 0.3 is 0 Å². The van der Waals surface area contributed by atoms with E-state index >= 15 is 0 Å². The summed E-state index contributed by atoms with van der Waals surface area (Å²) in [5.41, 5.74) is 6.38. The van der Waals surface area contributed by atoms with E-state index in [-0.39, 0.29) is 5.82 Å². The summed E-state index contributed by atoms with van der Waals surface area (Å²) in [5.74, 6) is 1.05. The molecular weight excluding hydrogens is 493 g/mol. The maximum Gasteiger partial charge on any atom is 0.178 e. The summed E-state index contributed by atoms with van der Waals surface area (Å²) >= 11 is 0. The zero-order valence-corrected chi connectivity index (χ0v) is 21.2. The number of aromatic amines is 2. The largest absolute Gasteiger partial charge is 0.491 e. The molecule has 2 aromatic carbocycles. The van der Waals surface area contributed by atoms with Gasteiger partial charge in [-0.15, -0.1) is 0 Å². The summed E-state index contributed by atoms with van der Waals surface area (Å²) in [4.78, 5) is 19.4. The fourth-order valence-electron chi connectivity index (χ4n) is 5.25. The average molecular weight is 520 g/mol. The van der Waals surface area contributed by atoms with Gasteiger partial charge < -0.3 is 9.72 Å². The molecule has 39 heavy (non-hydrogen) atoms. The highest BCUT2D eigenvalue weighted by atomic mass is 19.1. The summed E-state index contributed by atoms with van der Waals surface area (Å²) in [6.07, 6.45) is 7.82. The summed E-state index contributed by atoms with van der Waals surface area (Å²) in [6.45, 7) is 3.89. The van der Waals surface area contributed by atoms with Gasteiger partial charge in [-0.2, -0.15) is 5.10 Å². The fourth-order valence-corrected chi connectivity index (χ4v) is 5.25. The Hall–Kier alpha value is -4.63. The zero-order chi connectivity index (χ0) is 26.2. The standard InChI is InChI=1S/C30H26FN7O/c31-22-5-3-4-20(14-22)24-8-9-33-29-27(24)34-30(35-29)28-25-16-19(6-7-26(25)36-37-28)21-15-23(18-32-17-21)39-13-12-38-10-1-2-11-38/h3-9,14-18H,1-2,10-13H2,(H,36,37)(H,33,34,35). The maximum atomic E-state index is 13.9. The fraction of sp³-hybridized carbons (Fsp3) is 0.200. The minimum atomic E-state index is -0.293. The van der Waals surface area contributed by atoms with Crippen molar-refractivity contribution in [1.29, 1.82) is 0 Å². The molecule has 0 aliphatic carbocycles. The lowest BCUT2D eigenvalue weighted by molar-refractivity contribution is 0.237. The molecule has 194 valence electrons. The predicted octanol–water partition coefficient (Wildman–Crippen LogP) is 5.84. The first-order valence-corrected chi connectivity index (χ1v) is 13.1. The molecule has 6 aromatic rings. The molecule has 1 aliphatic heterocycles. The highest BCUT2D eigenvalue weighted by molar-refractivity contribution is 5.97. The molecule has 0 amide bonds. The van der Waals surface area contributed by atoms with Gasteiger partial charge in [0.2, 0.25) is 0 Å². The van der Waals surface area contributed by atoms with Gasteiger partial charge in [-0.25, -0.2) is 14.4 Å².